The van der Waals surface area contributed by atoms with E-state index >= 15 is 0 Å². The molecule has 5 heteroatoms. The Labute approximate surface area is 122 Å². The van der Waals surface area contributed by atoms with Gasteiger partial charge in [-0.1, -0.05) is 0 Å². The van der Waals surface area contributed by atoms with E-state index in [4.69, 9.17) is 4.98 Å². The molecule has 1 N–H and O–H groups in total. The summed E-state index contributed by atoms with van der Waals surface area (Å²) in [5, 5.41) is 3.25. The van der Waals surface area contributed by atoms with Gasteiger partial charge < -0.3 is 10.2 Å². The third kappa shape index (κ3) is 3.34. The third-order valence-corrected chi connectivity index (χ3v) is 4.30. The van der Waals surface area contributed by atoms with Crippen molar-refractivity contribution in [3.8, 4) is 0 Å². The van der Waals surface area contributed by atoms with Crippen molar-refractivity contribution >= 4 is 0 Å². The van der Waals surface area contributed by atoms with Crippen LogP contribution in [0.15, 0.2) is 6.20 Å². The average molecular weight is 277 g/mol. The molecule has 1 aliphatic rings. The first kappa shape index (κ1) is 15.4. The van der Waals surface area contributed by atoms with Crippen molar-refractivity contribution in [1.82, 2.24) is 25.1 Å². The van der Waals surface area contributed by atoms with Crippen molar-refractivity contribution in [3.63, 3.8) is 0 Å². The van der Waals surface area contributed by atoms with Crippen molar-refractivity contribution < 1.29 is 0 Å². The molecule has 0 radical (unpaired) electrons. The fraction of sp³-hybridized carbons (Fsp3) is 0.733. The van der Waals surface area contributed by atoms with Gasteiger partial charge in [0.05, 0.1) is 6.04 Å². The lowest BCUT2D eigenvalue weighted by Gasteiger charge is -2.26. The maximum Gasteiger partial charge on any atom is 0.146 e. The average Bonchev–Trinajstić information content (AvgIpc) is 2.59. The molecule has 1 saturated heterocycles. The van der Waals surface area contributed by atoms with Crippen LogP contribution in [-0.2, 0) is 0 Å². The summed E-state index contributed by atoms with van der Waals surface area (Å²) in [6.07, 6.45) is 3.19. The van der Waals surface area contributed by atoms with Gasteiger partial charge in [0.25, 0.3) is 0 Å². The molecule has 0 saturated carbocycles. The number of aryl methyl sites for hydroxylation is 1. The van der Waals surface area contributed by atoms with Crippen LogP contribution >= 0.6 is 0 Å². The predicted octanol–water partition coefficient (Wildman–Crippen LogP) is 1.37. The first-order valence-corrected chi connectivity index (χ1v) is 7.42. The molecule has 0 aliphatic carbocycles. The molecule has 5 nitrogen and oxygen atoms in total. The summed E-state index contributed by atoms with van der Waals surface area (Å²) in [7, 11) is 6.31. The molecule has 2 rings (SSSR count). The van der Waals surface area contributed by atoms with Crippen molar-refractivity contribution in [2.45, 2.75) is 32.4 Å². The van der Waals surface area contributed by atoms with Crippen LogP contribution in [0.3, 0.4) is 0 Å². The van der Waals surface area contributed by atoms with Crippen LogP contribution in [0.1, 0.15) is 42.5 Å². The van der Waals surface area contributed by atoms with E-state index in [0.717, 1.165) is 31.2 Å². The van der Waals surface area contributed by atoms with E-state index in [9.17, 15) is 0 Å². The Morgan fingerprint density at radius 3 is 2.75 bits per heavy atom. The predicted molar refractivity (Wildman–Crippen MR) is 81.7 cm³/mol. The number of hydrogen-bond acceptors (Lipinski definition) is 5. The Morgan fingerprint density at radius 2 is 2.10 bits per heavy atom. The van der Waals surface area contributed by atoms with Crippen molar-refractivity contribution in [1.29, 1.82) is 0 Å². The fourth-order valence-corrected chi connectivity index (χ4v) is 2.79. The number of nitrogens with one attached hydrogen (secondary N) is 1. The second-order valence-corrected chi connectivity index (χ2v) is 5.89. The first-order valence-electron chi connectivity index (χ1n) is 7.42. The van der Waals surface area contributed by atoms with E-state index < -0.39 is 0 Å². The molecule has 1 aromatic rings. The van der Waals surface area contributed by atoms with Crippen LogP contribution in [0.5, 0.6) is 0 Å². The zero-order valence-electron chi connectivity index (χ0n) is 13.3. The molecule has 1 aliphatic heterocycles. The van der Waals surface area contributed by atoms with Gasteiger partial charge >= 0.3 is 0 Å². The fourth-order valence-electron chi connectivity index (χ4n) is 2.79. The topological polar surface area (TPSA) is 44.3 Å². The Kier molecular flexibility index (Phi) is 5.07. The van der Waals surface area contributed by atoms with E-state index in [2.05, 4.69) is 48.0 Å². The smallest absolute Gasteiger partial charge is 0.146 e. The van der Waals surface area contributed by atoms with Crippen LogP contribution in [0, 0.1) is 6.92 Å². The highest BCUT2D eigenvalue weighted by Crippen LogP contribution is 2.22. The summed E-state index contributed by atoms with van der Waals surface area (Å²) >= 11 is 0. The number of aromatic nitrogens is 2. The van der Waals surface area contributed by atoms with Crippen molar-refractivity contribution in [2.24, 2.45) is 0 Å². The van der Waals surface area contributed by atoms with Crippen LogP contribution in [0.4, 0.5) is 0 Å². The molecule has 2 heterocycles. The van der Waals surface area contributed by atoms with E-state index in [-0.39, 0.29) is 0 Å². The van der Waals surface area contributed by atoms with Crippen LogP contribution in [-0.4, -0.2) is 60.5 Å². The number of nitrogens with zero attached hydrogens (tertiary/aromatic N) is 4. The van der Waals surface area contributed by atoms with E-state index in [1.165, 1.54) is 12.0 Å². The van der Waals surface area contributed by atoms with Gasteiger partial charge in [-0.05, 0) is 54.5 Å². The maximum absolute atomic E-state index is 4.77. The molecule has 0 bridgehead atoms. The highest BCUT2D eigenvalue weighted by molar-refractivity contribution is 5.20. The highest BCUT2D eigenvalue weighted by atomic mass is 15.2. The van der Waals surface area contributed by atoms with Gasteiger partial charge in [-0.25, -0.2) is 9.97 Å². The molecule has 112 valence electrons. The summed E-state index contributed by atoms with van der Waals surface area (Å²) in [6, 6.07) is 0.582. The highest BCUT2D eigenvalue weighted by Gasteiger charge is 2.25. The summed E-state index contributed by atoms with van der Waals surface area (Å²) in [4.78, 5) is 14.2. The van der Waals surface area contributed by atoms with Gasteiger partial charge in [0.2, 0.25) is 0 Å². The molecule has 2 unspecified atom stereocenters. The normalized spacial score (nSPS) is 23.6. The maximum atomic E-state index is 4.77. The first-order chi connectivity index (χ1) is 9.52. The summed E-state index contributed by atoms with van der Waals surface area (Å²) in [6.45, 7) is 7.46. The van der Waals surface area contributed by atoms with Gasteiger partial charge in [0, 0.05) is 30.0 Å². The van der Waals surface area contributed by atoms with Crippen LogP contribution < -0.4 is 5.32 Å². The second-order valence-electron chi connectivity index (χ2n) is 5.89. The van der Waals surface area contributed by atoms with Crippen molar-refractivity contribution in [2.75, 3.05) is 40.8 Å². The molecule has 0 spiro atoms. The van der Waals surface area contributed by atoms with Gasteiger partial charge in [0.15, 0.2) is 0 Å². The minimum Gasteiger partial charge on any atom is -0.313 e. The molecule has 0 aromatic carbocycles. The Balaban J connectivity index is 2.25. The standard InChI is InChI=1S/C15H27N5/c1-11(16-3)13-9-17-15(18-12(13)2)14-10-19(4)7-6-8-20(14)5/h9,11,14,16H,6-8,10H2,1-5H3. The lowest BCUT2D eigenvalue weighted by molar-refractivity contribution is 0.219. The summed E-state index contributed by atoms with van der Waals surface area (Å²) in [5.74, 6) is 0.950. The number of rotatable bonds is 3. The van der Waals surface area contributed by atoms with E-state index in [1.807, 2.05) is 13.2 Å². The molecule has 1 aromatic heterocycles. The molecule has 1 fully saturated rings. The SMILES string of the molecule is CNC(C)c1cnc(C2CN(C)CCCN2C)nc1C. The monoisotopic (exact) mass is 277 g/mol. The summed E-state index contributed by atoms with van der Waals surface area (Å²) in [5.41, 5.74) is 2.26. The van der Waals surface area contributed by atoms with Gasteiger partial charge in [-0.15, -0.1) is 0 Å². The minimum absolute atomic E-state index is 0.290. The van der Waals surface area contributed by atoms with Crippen molar-refractivity contribution in [3.05, 3.63) is 23.3 Å². The molecule has 20 heavy (non-hydrogen) atoms. The van der Waals surface area contributed by atoms with Gasteiger partial charge in [0.1, 0.15) is 5.82 Å². The van der Waals surface area contributed by atoms with E-state index in [1.54, 1.807) is 0 Å². The molecular formula is C15H27N5. The molecule has 2 atom stereocenters. The lowest BCUT2D eigenvalue weighted by atomic mass is 10.1. The lowest BCUT2D eigenvalue weighted by Crippen LogP contribution is -2.32. The third-order valence-electron chi connectivity index (χ3n) is 4.30. The minimum atomic E-state index is 0.290. The van der Waals surface area contributed by atoms with Gasteiger partial charge in [-0.3, -0.25) is 4.90 Å². The zero-order chi connectivity index (χ0) is 14.7. The van der Waals surface area contributed by atoms with E-state index in [0.29, 0.717) is 12.1 Å². The Morgan fingerprint density at radius 1 is 1.35 bits per heavy atom. The number of likely N-dealkylation sites (N-methyl/N-ethyl adjacent to an activating group) is 2. The van der Waals surface area contributed by atoms with Crippen LogP contribution in [0.2, 0.25) is 0 Å². The molecular weight excluding hydrogens is 250 g/mol. The molecule has 0 amide bonds. The van der Waals surface area contributed by atoms with Crippen LogP contribution in [0.25, 0.3) is 0 Å². The largest absolute Gasteiger partial charge is 0.313 e. The number of hydrogen-bond donors (Lipinski definition) is 1. The Hall–Kier alpha value is -1.04. The van der Waals surface area contributed by atoms with Gasteiger partial charge in [-0.2, -0.15) is 0 Å². The zero-order valence-corrected chi connectivity index (χ0v) is 13.3. The summed E-state index contributed by atoms with van der Waals surface area (Å²) < 4.78 is 0. The second kappa shape index (κ2) is 6.61. The Bertz CT molecular complexity index is 448. The quantitative estimate of drug-likeness (QED) is 0.904.